The summed E-state index contributed by atoms with van der Waals surface area (Å²) in [5.74, 6) is 0.755. The lowest BCUT2D eigenvalue weighted by Crippen LogP contribution is -2.09. The number of carbonyl (C=O) groups is 1. The average molecular weight is 302 g/mol. The minimum atomic E-state index is -0.182. The highest BCUT2D eigenvalue weighted by molar-refractivity contribution is 6.12. The predicted octanol–water partition coefficient (Wildman–Crippen LogP) is 2.88. The highest BCUT2D eigenvalue weighted by Crippen LogP contribution is 2.26. The molecule has 0 radical (unpaired) electrons. The Morgan fingerprint density at radius 2 is 1.18 bits per heavy atom. The van der Waals surface area contributed by atoms with Gasteiger partial charge >= 0.3 is 0 Å². The van der Waals surface area contributed by atoms with Crippen molar-refractivity contribution in [2.45, 2.75) is 0 Å². The van der Waals surface area contributed by atoms with Crippen molar-refractivity contribution >= 4 is 5.78 Å². The topological polar surface area (TPSA) is 54.0 Å². The summed E-state index contributed by atoms with van der Waals surface area (Å²) in [5.41, 5.74) is 0.904. The molecule has 2 rings (SSSR count). The predicted molar refractivity (Wildman–Crippen MR) is 81.3 cm³/mol. The number of hydrogen-bond donors (Lipinski definition) is 0. The van der Waals surface area contributed by atoms with Gasteiger partial charge in [0.1, 0.15) is 11.5 Å². The van der Waals surface area contributed by atoms with Crippen LogP contribution in [0.15, 0.2) is 48.5 Å². The average Bonchev–Trinajstić information content (AvgIpc) is 2.58. The molecule has 0 fully saturated rings. The smallest absolute Gasteiger partial charge is 0.200 e. The van der Waals surface area contributed by atoms with E-state index in [2.05, 4.69) is 0 Å². The van der Waals surface area contributed by atoms with Crippen molar-refractivity contribution < 1.29 is 23.7 Å². The maximum absolute atomic E-state index is 12.8. The number of ketones is 1. The van der Waals surface area contributed by atoms with Crippen LogP contribution in [0.3, 0.4) is 0 Å². The van der Waals surface area contributed by atoms with Crippen molar-refractivity contribution in [2.24, 2.45) is 0 Å². The fourth-order valence-corrected chi connectivity index (χ4v) is 1.95. The van der Waals surface area contributed by atoms with E-state index in [9.17, 15) is 4.79 Å². The Bertz CT molecular complexity index is 570. The Hall–Kier alpha value is -2.37. The first-order valence-electron chi connectivity index (χ1n) is 6.74. The number of hydrogen-bond acceptors (Lipinski definition) is 5. The Balaban J connectivity index is 2.32. The van der Waals surface area contributed by atoms with Crippen molar-refractivity contribution in [1.29, 1.82) is 0 Å². The van der Waals surface area contributed by atoms with Crippen molar-refractivity contribution in [2.75, 3.05) is 27.8 Å². The number of rotatable bonds is 8. The number of benzene rings is 2. The van der Waals surface area contributed by atoms with Gasteiger partial charge in [-0.25, -0.2) is 0 Å². The molecule has 0 heterocycles. The number of carbonyl (C=O) groups excluding carboxylic acids is 1. The molecular weight excluding hydrogens is 284 g/mol. The molecule has 0 spiro atoms. The van der Waals surface area contributed by atoms with E-state index in [1.54, 1.807) is 48.5 Å². The summed E-state index contributed by atoms with van der Waals surface area (Å²) in [7, 11) is 3.05. The van der Waals surface area contributed by atoms with Crippen LogP contribution in [-0.4, -0.2) is 33.6 Å². The third-order valence-electron chi connectivity index (χ3n) is 2.93. The molecule has 0 unspecified atom stereocenters. The van der Waals surface area contributed by atoms with Crippen LogP contribution >= 0.6 is 0 Å². The van der Waals surface area contributed by atoms with Crippen LogP contribution in [0, 0.1) is 0 Å². The molecule has 22 heavy (non-hydrogen) atoms. The summed E-state index contributed by atoms with van der Waals surface area (Å²) in [6, 6.07) is 14.0. The molecule has 2 aromatic rings. The molecule has 0 saturated heterocycles. The van der Waals surface area contributed by atoms with Crippen LogP contribution in [0.4, 0.5) is 0 Å². The normalized spacial score (nSPS) is 10.3. The maximum Gasteiger partial charge on any atom is 0.200 e. The highest BCUT2D eigenvalue weighted by atomic mass is 16.7. The van der Waals surface area contributed by atoms with Crippen molar-refractivity contribution in [3.05, 3.63) is 59.7 Å². The monoisotopic (exact) mass is 302 g/mol. The molecule has 2 aromatic carbocycles. The van der Waals surface area contributed by atoms with Crippen LogP contribution in [0.2, 0.25) is 0 Å². The molecule has 0 aliphatic carbocycles. The third-order valence-corrected chi connectivity index (χ3v) is 2.93. The van der Waals surface area contributed by atoms with E-state index in [-0.39, 0.29) is 19.4 Å². The van der Waals surface area contributed by atoms with Gasteiger partial charge < -0.3 is 18.9 Å². The minimum Gasteiger partial charge on any atom is -0.467 e. The fourth-order valence-electron chi connectivity index (χ4n) is 1.95. The number of methoxy groups -OCH3 is 2. The molecule has 116 valence electrons. The van der Waals surface area contributed by atoms with Crippen LogP contribution in [-0.2, 0) is 9.47 Å². The lowest BCUT2D eigenvalue weighted by Gasteiger charge is -2.12. The number of ether oxygens (including phenoxy) is 4. The molecule has 0 amide bonds. The lowest BCUT2D eigenvalue weighted by atomic mass is 10.0. The van der Waals surface area contributed by atoms with Gasteiger partial charge in [-0.1, -0.05) is 24.3 Å². The van der Waals surface area contributed by atoms with Gasteiger partial charge in [0.05, 0.1) is 11.1 Å². The second-order valence-electron chi connectivity index (χ2n) is 4.42. The van der Waals surface area contributed by atoms with E-state index >= 15 is 0 Å². The molecule has 5 nitrogen and oxygen atoms in total. The maximum atomic E-state index is 12.8. The molecule has 0 aliphatic rings. The summed E-state index contributed by atoms with van der Waals surface area (Å²) < 4.78 is 20.7. The van der Waals surface area contributed by atoms with Crippen LogP contribution in [0.1, 0.15) is 15.9 Å². The van der Waals surface area contributed by atoms with E-state index in [0.717, 1.165) is 0 Å². The van der Waals surface area contributed by atoms with Gasteiger partial charge in [0.2, 0.25) is 0 Å². The van der Waals surface area contributed by atoms with E-state index in [1.165, 1.54) is 14.2 Å². The van der Waals surface area contributed by atoms with Gasteiger partial charge in [0.15, 0.2) is 19.4 Å². The van der Waals surface area contributed by atoms with E-state index in [0.29, 0.717) is 22.6 Å². The Morgan fingerprint density at radius 3 is 1.59 bits per heavy atom. The van der Waals surface area contributed by atoms with Gasteiger partial charge in [0.25, 0.3) is 0 Å². The number of para-hydroxylation sites is 2. The third kappa shape index (κ3) is 3.84. The zero-order valence-corrected chi connectivity index (χ0v) is 12.6. The summed E-state index contributed by atoms with van der Waals surface area (Å²) in [5, 5.41) is 0. The van der Waals surface area contributed by atoms with Crippen LogP contribution in [0.25, 0.3) is 0 Å². The molecule has 0 saturated carbocycles. The second-order valence-corrected chi connectivity index (χ2v) is 4.42. The van der Waals surface area contributed by atoms with Gasteiger partial charge in [-0.3, -0.25) is 4.79 Å². The lowest BCUT2D eigenvalue weighted by molar-refractivity contribution is 0.0495. The van der Waals surface area contributed by atoms with Crippen LogP contribution < -0.4 is 9.47 Å². The zero-order valence-electron chi connectivity index (χ0n) is 12.6. The van der Waals surface area contributed by atoms with E-state index < -0.39 is 0 Å². The van der Waals surface area contributed by atoms with Gasteiger partial charge in [0, 0.05) is 14.2 Å². The molecule has 0 aliphatic heterocycles. The SMILES string of the molecule is COCOc1ccccc1C(=O)c1ccccc1OCOC. The summed E-state index contributed by atoms with van der Waals surface area (Å²) in [6.07, 6.45) is 0. The quantitative estimate of drug-likeness (QED) is 0.554. The van der Waals surface area contributed by atoms with E-state index in [1.807, 2.05) is 0 Å². The summed E-state index contributed by atoms with van der Waals surface area (Å²) in [4.78, 5) is 12.8. The highest BCUT2D eigenvalue weighted by Gasteiger charge is 2.18. The molecule has 0 bridgehead atoms. The minimum absolute atomic E-state index is 0.0755. The summed E-state index contributed by atoms with van der Waals surface area (Å²) in [6.45, 7) is 0.151. The van der Waals surface area contributed by atoms with Gasteiger partial charge in [-0.05, 0) is 24.3 Å². The first kappa shape index (κ1) is 16.0. The molecule has 0 atom stereocenters. The van der Waals surface area contributed by atoms with Gasteiger partial charge in [-0.15, -0.1) is 0 Å². The van der Waals surface area contributed by atoms with Crippen molar-refractivity contribution in [3.63, 3.8) is 0 Å². The van der Waals surface area contributed by atoms with Gasteiger partial charge in [-0.2, -0.15) is 0 Å². The Labute approximate surface area is 129 Å². The Kier molecular flexibility index (Phi) is 5.94. The fraction of sp³-hybridized carbons (Fsp3) is 0.235. The largest absolute Gasteiger partial charge is 0.467 e. The Morgan fingerprint density at radius 1 is 0.773 bits per heavy atom. The molecule has 0 aromatic heterocycles. The first-order chi connectivity index (χ1) is 10.8. The van der Waals surface area contributed by atoms with Crippen LogP contribution in [0.5, 0.6) is 11.5 Å². The molecular formula is C17H18O5. The van der Waals surface area contributed by atoms with E-state index in [4.69, 9.17) is 18.9 Å². The zero-order chi connectivity index (χ0) is 15.8. The van der Waals surface area contributed by atoms with Crippen molar-refractivity contribution in [3.8, 4) is 11.5 Å². The summed E-state index contributed by atoms with van der Waals surface area (Å²) >= 11 is 0. The van der Waals surface area contributed by atoms with Crippen molar-refractivity contribution in [1.82, 2.24) is 0 Å². The molecule has 0 N–H and O–H groups in total. The first-order valence-corrected chi connectivity index (χ1v) is 6.74. The second kappa shape index (κ2) is 8.17. The molecule has 5 heteroatoms. The standard InChI is InChI=1S/C17H18O5/c1-19-11-21-15-9-5-3-7-13(15)17(18)14-8-4-6-10-16(14)22-12-20-2/h3-10H,11-12H2,1-2H3.